The summed E-state index contributed by atoms with van der Waals surface area (Å²) < 4.78 is 42.9. The number of carbonyl (C=O) groups is 3. The molecule has 5 nitrogen and oxygen atoms in total. The van der Waals surface area contributed by atoms with Crippen molar-refractivity contribution in [1.29, 1.82) is 0 Å². The molecule has 0 fully saturated rings. The molecule has 0 spiro atoms. The monoisotopic (exact) mass is 377 g/mol. The Labute approximate surface area is 152 Å². The van der Waals surface area contributed by atoms with E-state index in [1.54, 1.807) is 19.1 Å². The summed E-state index contributed by atoms with van der Waals surface area (Å²) in [6.07, 6.45) is -4.58. The standard InChI is InChI=1S/C19H14F3NO4/c1-10-14-8-11(5-6-15(14)23-17(10)25)16(24)9-27-18(26)12-3-2-4-13(7-12)19(20,21)22/h2-8,10H,9H2,1H3,(H,23,25)/t10-/m1/s1. The summed E-state index contributed by atoms with van der Waals surface area (Å²) in [6.45, 7) is 1.08. The van der Waals surface area contributed by atoms with Crippen LogP contribution >= 0.6 is 0 Å². The van der Waals surface area contributed by atoms with Crippen LogP contribution in [0.25, 0.3) is 0 Å². The van der Waals surface area contributed by atoms with Crippen LogP contribution in [0.1, 0.15) is 44.7 Å². The van der Waals surface area contributed by atoms with Crippen LogP contribution in [-0.4, -0.2) is 24.3 Å². The van der Waals surface area contributed by atoms with Gasteiger partial charge in [0.25, 0.3) is 0 Å². The van der Waals surface area contributed by atoms with Crippen LogP contribution in [-0.2, 0) is 15.7 Å². The number of anilines is 1. The molecule has 140 valence electrons. The molecule has 1 N–H and O–H groups in total. The van der Waals surface area contributed by atoms with Crippen LogP contribution < -0.4 is 5.32 Å². The molecular weight excluding hydrogens is 363 g/mol. The Morgan fingerprint density at radius 2 is 1.85 bits per heavy atom. The maximum absolute atomic E-state index is 12.7. The molecule has 1 aliphatic heterocycles. The van der Waals surface area contributed by atoms with Gasteiger partial charge in [-0.2, -0.15) is 13.2 Å². The molecule has 0 saturated heterocycles. The lowest BCUT2D eigenvalue weighted by molar-refractivity contribution is -0.137. The van der Waals surface area contributed by atoms with Gasteiger partial charge in [-0.05, 0) is 48.9 Å². The number of hydrogen-bond donors (Lipinski definition) is 1. The summed E-state index contributed by atoms with van der Waals surface area (Å²) in [7, 11) is 0. The lowest BCUT2D eigenvalue weighted by atomic mass is 9.99. The first-order valence-electron chi connectivity index (χ1n) is 7.99. The topological polar surface area (TPSA) is 72.5 Å². The van der Waals surface area contributed by atoms with E-state index >= 15 is 0 Å². The Balaban J connectivity index is 1.68. The smallest absolute Gasteiger partial charge is 0.416 e. The van der Waals surface area contributed by atoms with Gasteiger partial charge in [0.1, 0.15) is 0 Å². The van der Waals surface area contributed by atoms with Gasteiger partial charge in [0, 0.05) is 11.3 Å². The molecule has 0 bridgehead atoms. The minimum Gasteiger partial charge on any atom is -0.454 e. The Morgan fingerprint density at radius 1 is 1.11 bits per heavy atom. The van der Waals surface area contributed by atoms with Crippen molar-refractivity contribution in [2.24, 2.45) is 0 Å². The van der Waals surface area contributed by atoms with E-state index in [9.17, 15) is 27.6 Å². The molecule has 0 unspecified atom stereocenters. The number of Topliss-reactive ketones (excluding diaryl/α,β-unsaturated/α-hetero) is 1. The third kappa shape index (κ3) is 3.84. The van der Waals surface area contributed by atoms with Gasteiger partial charge in [-0.15, -0.1) is 0 Å². The van der Waals surface area contributed by atoms with E-state index in [-0.39, 0.29) is 17.0 Å². The summed E-state index contributed by atoms with van der Waals surface area (Å²) in [5, 5.41) is 2.67. The molecular formula is C19H14F3NO4. The first-order chi connectivity index (χ1) is 12.7. The van der Waals surface area contributed by atoms with Crippen molar-refractivity contribution >= 4 is 23.3 Å². The number of ketones is 1. The molecule has 1 aliphatic rings. The number of amides is 1. The highest BCUT2D eigenvalue weighted by atomic mass is 19.4. The third-order valence-electron chi connectivity index (χ3n) is 4.25. The largest absolute Gasteiger partial charge is 0.454 e. The van der Waals surface area contributed by atoms with Crippen LogP contribution in [0.3, 0.4) is 0 Å². The van der Waals surface area contributed by atoms with Gasteiger partial charge in [-0.25, -0.2) is 4.79 Å². The maximum atomic E-state index is 12.7. The van der Waals surface area contributed by atoms with E-state index in [4.69, 9.17) is 4.74 Å². The van der Waals surface area contributed by atoms with Gasteiger partial charge in [0.2, 0.25) is 5.91 Å². The van der Waals surface area contributed by atoms with Gasteiger partial charge in [-0.1, -0.05) is 6.07 Å². The van der Waals surface area contributed by atoms with Crippen LogP contribution in [0.15, 0.2) is 42.5 Å². The van der Waals surface area contributed by atoms with Crippen molar-refractivity contribution in [1.82, 2.24) is 0 Å². The molecule has 0 saturated carbocycles. The number of nitrogens with one attached hydrogen (secondary N) is 1. The Hall–Kier alpha value is -3.16. The van der Waals surface area contributed by atoms with Gasteiger partial charge in [0.15, 0.2) is 12.4 Å². The molecule has 1 atom stereocenters. The van der Waals surface area contributed by atoms with Crippen molar-refractivity contribution in [3.8, 4) is 0 Å². The van der Waals surface area contributed by atoms with Crippen LogP contribution in [0.5, 0.6) is 0 Å². The Morgan fingerprint density at radius 3 is 2.56 bits per heavy atom. The fraction of sp³-hybridized carbons (Fsp3) is 0.211. The van der Waals surface area contributed by atoms with Crippen molar-refractivity contribution in [2.45, 2.75) is 19.0 Å². The molecule has 2 aromatic carbocycles. The summed E-state index contributed by atoms with van der Waals surface area (Å²) in [5.41, 5.74) is 0.247. The lowest BCUT2D eigenvalue weighted by Crippen LogP contribution is -2.15. The molecule has 0 aliphatic carbocycles. The quantitative estimate of drug-likeness (QED) is 0.650. The maximum Gasteiger partial charge on any atom is 0.416 e. The van der Waals surface area contributed by atoms with Gasteiger partial charge >= 0.3 is 12.1 Å². The second-order valence-electron chi connectivity index (χ2n) is 6.09. The Bertz CT molecular complexity index is 937. The van der Waals surface area contributed by atoms with Gasteiger partial charge < -0.3 is 10.1 Å². The van der Waals surface area contributed by atoms with Crippen LogP contribution in [0, 0.1) is 0 Å². The summed E-state index contributed by atoms with van der Waals surface area (Å²) in [4.78, 5) is 35.8. The number of benzene rings is 2. The molecule has 8 heteroatoms. The number of ether oxygens (including phenoxy) is 1. The number of esters is 1. The zero-order valence-corrected chi connectivity index (χ0v) is 14.1. The first-order valence-corrected chi connectivity index (χ1v) is 7.99. The summed E-state index contributed by atoms with van der Waals surface area (Å²) in [6, 6.07) is 8.38. The Kier molecular flexibility index (Phi) is 4.73. The zero-order valence-electron chi connectivity index (χ0n) is 14.1. The number of fused-ring (bicyclic) bond motifs is 1. The first kappa shape index (κ1) is 18.6. The minimum absolute atomic E-state index is 0.175. The SMILES string of the molecule is C[C@H]1C(=O)Nc2ccc(C(=O)COC(=O)c3cccc(C(F)(F)F)c3)cc21. The molecule has 27 heavy (non-hydrogen) atoms. The fourth-order valence-corrected chi connectivity index (χ4v) is 2.71. The molecule has 1 heterocycles. The van der Waals surface area contributed by atoms with Crippen LogP contribution in [0.4, 0.5) is 18.9 Å². The number of rotatable bonds is 4. The number of hydrogen-bond acceptors (Lipinski definition) is 4. The fourth-order valence-electron chi connectivity index (χ4n) is 2.71. The van der Waals surface area contributed by atoms with Crippen LogP contribution in [0.2, 0.25) is 0 Å². The van der Waals surface area contributed by atoms with Crippen molar-refractivity contribution in [3.63, 3.8) is 0 Å². The average Bonchev–Trinajstić information content (AvgIpc) is 2.92. The molecule has 1 amide bonds. The third-order valence-corrected chi connectivity index (χ3v) is 4.25. The average molecular weight is 377 g/mol. The molecule has 3 rings (SSSR count). The van der Waals surface area contributed by atoms with E-state index < -0.39 is 36.0 Å². The van der Waals surface area contributed by atoms with E-state index in [0.29, 0.717) is 17.3 Å². The zero-order chi connectivity index (χ0) is 19.8. The number of alkyl halides is 3. The molecule has 0 radical (unpaired) electrons. The lowest BCUT2D eigenvalue weighted by Gasteiger charge is -2.09. The number of carbonyl (C=O) groups excluding carboxylic acids is 3. The van der Waals surface area contributed by atoms with Gasteiger partial charge in [-0.3, -0.25) is 9.59 Å². The molecule has 2 aromatic rings. The summed E-state index contributed by atoms with van der Waals surface area (Å²) in [5.74, 6) is -2.13. The minimum atomic E-state index is -4.58. The number of halogens is 3. The normalized spacial score (nSPS) is 15.9. The second kappa shape index (κ2) is 6.86. The highest BCUT2D eigenvalue weighted by Gasteiger charge is 2.31. The van der Waals surface area contributed by atoms with Gasteiger partial charge in [0.05, 0.1) is 17.0 Å². The highest BCUT2D eigenvalue weighted by Crippen LogP contribution is 2.33. The van der Waals surface area contributed by atoms with Crippen molar-refractivity contribution in [2.75, 3.05) is 11.9 Å². The summed E-state index contributed by atoms with van der Waals surface area (Å²) >= 11 is 0. The predicted molar refractivity (Wildman–Crippen MR) is 89.5 cm³/mol. The van der Waals surface area contributed by atoms with Crippen molar-refractivity contribution < 1.29 is 32.3 Å². The van der Waals surface area contributed by atoms with Crippen molar-refractivity contribution in [3.05, 3.63) is 64.7 Å². The van der Waals surface area contributed by atoms with E-state index in [0.717, 1.165) is 12.1 Å². The van der Waals surface area contributed by atoms with E-state index in [1.807, 2.05) is 0 Å². The second-order valence-corrected chi connectivity index (χ2v) is 6.09. The van der Waals surface area contributed by atoms with E-state index in [1.165, 1.54) is 12.1 Å². The van der Waals surface area contributed by atoms with E-state index in [2.05, 4.69) is 5.32 Å². The molecule has 0 aromatic heterocycles. The highest BCUT2D eigenvalue weighted by molar-refractivity contribution is 6.05. The predicted octanol–water partition coefficient (Wildman–Crippen LogP) is 3.80.